The number of benzene rings is 1. The molecule has 0 aliphatic carbocycles. The van der Waals surface area contributed by atoms with Gasteiger partial charge in [0.15, 0.2) is 0 Å². The molecule has 1 unspecified atom stereocenters. The minimum absolute atomic E-state index is 0.0184. The summed E-state index contributed by atoms with van der Waals surface area (Å²) in [7, 11) is 1.61. The fourth-order valence-electron chi connectivity index (χ4n) is 1.70. The van der Waals surface area contributed by atoms with Crippen LogP contribution in [-0.4, -0.2) is 43.1 Å². The minimum Gasteiger partial charge on any atom is -0.442 e. The maximum absolute atomic E-state index is 13.3. The minimum atomic E-state index is -0.574. The van der Waals surface area contributed by atoms with Crippen LogP contribution < -0.4 is 5.32 Å². The van der Waals surface area contributed by atoms with E-state index in [1.165, 1.54) is 23.1 Å². The van der Waals surface area contributed by atoms with Crippen LogP contribution >= 0.6 is 0 Å². The molecule has 1 aromatic carbocycles. The molecule has 1 fully saturated rings. The number of nitrogens with one attached hydrogen (secondary N) is 1. The van der Waals surface area contributed by atoms with Crippen LogP contribution in [0.15, 0.2) is 24.3 Å². The molecule has 96 valence electrons. The van der Waals surface area contributed by atoms with Crippen molar-refractivity contribution in [3.05, 3.63) is 35.6 Å². The Labute approximate surface area is 104 Å². The lowest BCUT2D eigenvalue weighted by atomic mass is 10.2. The molecule has 0 aromatic heterocycles. The van der Waals surface area contributed by atoms with Crippen LogP contribution in [0.2, 0.25) is 0 Å². The zero-order valence-corrected chi connectivity index (χ0v) is 9.85. The van der Waals surface area contributed by atoms with Gasteiger partial charge in [0.2, 0.25) is 0 Å². The van der Waals surface area contributed by atoms with Crippen molar-refractivity contribution in [1.29, 1.82) is 0 Å². The van der Waals surface area contributed by atoms with Crippen molar-refractivity contribution in [1.82, 2.24) is 10.2 Å². The van der Waals surface area contributed by atoms with E-state index in [1.54, 1.807) is 13.1 Å². The summed E-state index contributed by atoms with van der Waals surface area (Å²) in [4.78, 5) is 24.2. The van der Waals surface area contributed by atoms with Crippen LogP contribution in [0.1, 0.15) is 10.4 Å². The number of carbonyl (C=O) groups is 2. The highest BCUT2D eigenvalue weighted by Crippen LogP contribution is 2.09. The lowest BCUT2D eigenvalue weighted by Crippen LogP contribution is -2.34. The van der Waals surface area contributed by atoms with Gasteiger partial charge in [0, 0.05) is 7.05 Å². The molecule has 1 aliphatic heterocycles. The Hall–Kier alpha value is -2.11. The van der Waals surface area contributed by atoms with Crippen LogP contribution in [0.3, 0.4) is 0 Å². The summed E-state index contributed by atoms with van der Waals surface area (Å²) >= 11 is 0. The second kappa shape index (κ2) is 5.03. The third-order valence-electron chi connectivity index (χ3n) is 2.67. The number of ether oxygens (including phenoxy) is 1. The lowest BCUT2D eigenvalue weighted by molar-refractivity contribution is 0.0911. The van der Waals surface area contributed by atoms with E-state index in [1.807, 2.05) is 0 Å². The fraction of sp³-hybridized carbons (Fsp3) is 0.333. The van der Waals surface area contributed by atoms with E-state index in [0.29, 0.717) is 6.54 Å². The predicted molar refractivity (Wildman–Crippen MR) is 61.6 cm³/mol. The summed E-state index contributed by atoms with van der Waals surface area (Å²) in [5.74, 6) is -1.09. The average molecular weight is 252 g/mol. The molecule has 6 heteroatoms. The monoisotopic (exact) mass is 252 g/mol. The van der Waals surface area contributed by atoms with Gasteiger partial charge in [0.05, 0.1) is 18.7 Å². The standard InChI is InChI=1S/C12H13FN2O3/c1-15-7-8(18-12(15)17)6-14-11(16)9-4-2-3-5-10(9)13/h2-5,8H,6-7H2,1H3,(H,14,16). The zero-order valence-electron chi connectivity index (χ0n) is 9.85. The Balaban J connectivity index is 1.90. The van der Waals surface area contributed by atoms with Crippen molar-refractivity contribution in [3.8, 4) is 0 Å². The third kappa shape index (κ3) is 2.58. The van der Waals surface area contributed by atoms with Gasteiger partial charge in [-0.25, -0.2) is 9.18 Å². The first-order chi connectivity index (χ1) is 8.58. The summed E-state index contributed by atoms with van der Waals surface area (Å²) in [6, 6.07) is 5.72. The maximum Gasteiger partial charge on any atom is 0.410 e. The van der Waals surface area contributed by atoms with Crippen LogP contribution in [-0.2, 0) is 4.74 Å². The van der Waals surface area contributed by atoms with Crippen LogP contribution in [0.25, 0.3) is 0 Å². The molecule has 0 spiro atoms. The first-order valence-corrected chi connectivity index (χ1v) is 5.52. The molecule has 0 bridgehead atoms. The highest BCUT2D eigenvalue weighted by molar-refractivity contribution is 5.94. The van der Waals surface area contributed by atoms with E-state index in [-0.39, 0.29) is 12.1 Å². The molecule has 2 amide bonds. The lowest BCUT2D eigenvalue weighted by Gasteiger charge is -2.10. The van der Waals surface area contributed by atoms with Crippen molar-refractivity contribution >= 4 is 12.0 Å². The predicted octanol–water partition coefficient (Wildman–Crippen LogP) is 1.01. The summed E-state index contributed by atoms with van der Waals surface area (Å²) in [6.07, 6.45) is -0.807. The number of rotatable bonds is 3. The topological polar surface area (TPSA) is 58.6 Å². The van der Waals surface area contributed by atoms with E-state index < -0.39 is 23.9 Å². The zero-order chi connectivity index (χ0) is 13.1. The van der Waals surface area contributed by atoms with Gasteiger partial charge >= 0.3 is 6.09 Å². The van der Waals surface area contributed by atoms with Crippen LogP contribution in [0.5, 0.6) is 0 Å². The molecule has 0 saturated carbocycles. The summed E-state index contributed by atoms with van der Waals surface area (Å²) in [5, 5.41) is 2.54. The molecule has 1 heterocycles. The number of hydrogen-bond donors (Lipinski definition) is 1. The SMILES string of the molecule is CN1CC(CNC(=O)c2ccccc2F)OC1=O. The van der Waals surface area contributed by atoms with E-state index in [4.69, 9.17) is 4.74 Å². The fourth-order valence-corrected chi connectivity index (χ4v) is 1.70. The number of halogens is 1. The quantitative estimate of drug-likeness (QED) is 0.873. The van der Waals surface area contributed by atoms with Gasteiger partial charge in [-0.1, -0.05) is 12.1 Å². The maximum atomic E-state index is 13.3. The van der Waals surface area contributed by atoms with E-state index >= 15 is 0 Å². The number of amides is 2. The normalized spacial score (nSPS) is 18.7. The van der Waals surface area contributed by atoms with Crippen molar-refractivity contribution < 1.29 is 18.7 Å². The third-order valence-corrected chi connectivity index (χ3v) is 2.67. The molecule has 2 rings (SSSR count). The molecule has 18 heavy (non-hydrogen) atoms. The average Bonchev–Trinajstić information content (AvgIpc) is 2.66. The van der Waals surface area contributed by atoms with Gasteiger partial charge in [-0.2, -0.15) is 0 Å². The molecule has 1 N–H and O–H groups in total. The number of cyclic esters (lactones) is 1. The Kier molecular flexibility index (Phi) is 3.45. The van der Waals surface area contributed by atoms with Crippen molar-refractivity contribution in [3.63, 3.8) is 0 Å². The van der Waals surface area contributed by atoms with Gasteiger partial charge in [-0.05, 0) is 12.1 Å². The second-order valence-corrected chi connectivity index (χ2v) is 4.08. The number of likely N-dealkylation sites (N-methyl/N-ethyl adjacent to an activating group) is 1. The highest BCUT2D eigenvalue weighted by atomic mass is 19.1. The Bertz CT molecular complexity index is 478. The molecule has 1 atom stereocenters. The Morgan fingerprint density at radius 1 is 1.56 bits per heavy atom. The first kappa shape index (κ1) is 12.3. The van der Waals surface area contributed by atoms with E-state index in [9.17, 15) is 14.0 Å². The van der Waals surface area contributed by atoms with E-state index in [0.717, 1.165) is 0 Å². The number of hydrogen-bond acceptors (Lipinski definition) is 3. The van der Waals surface area contributed by atoms with Crippen molar-refractivity contribution in [2.45, 2.75) is 6.10 Å². The Morgan fingerprint density at radius 2 is 2.28 bits per heavy atom. The molecule has 0 radical (unpaired) electrons. The molecule has 5 nitrogen and oxygen atoms in total. The molecular formula is C12H13FN2O3. The first-order valence-electron chi connectivity index (χ1n) is 5.52. The van der Waals surface area contributed by atoms with Crippen molar-refractivity contribution in [2.75, 3.05) is 20.1 Å². The summed E-state index contributed by atoms with van der Waals surface area (Å²) in [6.45, 7) is 0.583. The van der Waals surface area contributed by atoms with Gasteiger partial charge in [-0.15, -0.1) is 0 Å². The molecule has 1 saturated heterocycles. The largest absolute Gasteiger partial charge is 0.442 e. The molecule has 1 aliphatic rings. The second-order valence-electron chi connectivity index (χ2n) is 4.08. The summed E-state index contributed by atoms with van der Waals surface area (Å²) < 4.78 is 18.3. The number of nitrogens with zero attached hydrogens (tertiary/aromatic N) is 1. The highest BCUT2D eigenvalue weighted by Gasteiger charge is 2.28. The molecule has 1 aromatic rings. The number of carbonyl (C=O) groups excluding carboxylic acids is 2. The van der Waals surface area contributed by atoms with E-state index in [2.05, 4.69) is 5.32 Å². The van der Waals surface area contributed by atoms with Crippen LogP contribution in [0, 0.1) is 5.82 Å². The van der Waals surface area contributed by atoms with Gasteiger partial charge in [0.1, 0.15) is 11.9 Å². The van der Waals surface area contributed by atoms with Gasteiger partial charge < -0.3 is 15.0 Å². The molecular weight excluding hydrogens is 239 g/mol. The van der Waals surface area contributed by atoms with Crippen LogP contribution in [0.4, 0.5) is 9.18 Å². The Morgan fingerprint density at radius 3 is 2.89 bits per heavy atom. The van der Waals surface area contributed by atoms with Crippen molar-refractivity contribution in [2.24, 2.45) is 0 Å². The van der Waals surface area contributed by atoms with Gasteiger partial charge in [0.25, 0.3) is 5.91 Å². The van der Waals surface area contributed by atoms with Gasteiger partial charge in [-0.3, -0.25) is 4.79 Å². The smallest absolute Gasteiger partial charge is 0.410 e. The summed E-state index contributed by atoms with van der Waals surface area (Å²) in [5.41, 5.74) is -0.0184.